The zero-order valence-electron chi connectivity index (χ0n) is 27.9. The third kappa shape index (κ3) is 9.14. The van der Waals surface area contributed by atoms with E-state index in [4.69, 9.17) is 10.5 Å². The van der Waals surface area contributed by atoms with Gasteiger partial charge in [-0.05, 0) is 91.8 Å². The molecular formula is C36H44F3N5O5S. The van der Waals surface area contributed by atoms with Gasteiger partial charge in [-0.1, -0.05) is 25.3 Å². The van der Waals surface area contributed by atoms with Gasteiger partial charge in [-0.2, -0.15) is 4.31 Å². The lowest BCUT2D eigenvalue weighted by molar-refractivity contribution is -0.274. The van der Waals surface area contributed by atoms with Crippen molar-refractivity contribution in [2.45, 2.75) is 74.8 Å². The molecule has 0 radical (unpaired) electrons. The fourth-order valence-corrected chi connectivity index (χ4v) is 8.54. The average Bonchev–Trinajstić information content (AvgIpc) is 3.11. The summed E-state index contributed by atoms with van der Waals surface area (Å²) in [7, 11) is -4.01. The van der Waals surface area contributed by atoms with Crippen molar-refractivity contribution >= 4 is 15.9 Å². The number of halogens is 3. The van der Waals surface area contributed by atoms with Crippen LogP contribution < -0.4 is 15.2 Å². The summed E-state index contributed by atoms with van der Waals surface area (Å²) in [5, 5.41) is 0. The molecule has 1 amide bonds. The van der Waals surface area contributed by atoms with Crippen LogP contribution in [0.5, 0.6) is 11.5 Å². The second-order valence-corrected chi connectivity index (χ2v) is 15.3. The Morgan fingerprint density at radius 3 is 2.18 bits per heavy atom. The van der Waals surface area contributed by atoms with Crippen LogP contribution in [0.25, 0.3) is 11.3 Å². The Morgan fingerprint density at radius 2 is 1.54 bits per heavy atom. The summed E-state index contributed by atoms with van der Waals surface area (Å²) in [6.45, 7) is 2.74. The number of piperazine rings is 1. The first-order chi connectivity index (χ1) is 23.9. The predicted octanol–water partition coefficient (Wildman–Crippen LogP) is 5.43. The molecule has 0 spiro atoms. The molecule has 1 aromatic heterocycles. The van der Waals surface area contributed by atoms with Crippen LogP contribution in [0.1, 0.15) is 50.5 Å². The van der Waals surface area contributed by atoms with E-state index in [0.717, 1.165) is 18.4 Å². The van der Waals surface area contributed by atoms with Crippen molar-refractivity contribution in [3.05, 3.63) is 72.4 Å². The monoisotopic (exact) mass is 715 g/mol. The first-order valence-corrected chi connectivity index (χ1v) is 18.7. The molecule has 3 aromatic rings. The molecule has 1 aliphatic carbocycles. The highest BCUT2D eigenvalue weighted by Crippen LogP contribution is 2.29. The Labute approximate surface area is 291 Å². The molecule has 270 valence electrons. The normalized spacial score (nSPS) is 20.5. The van der Waals surface area contributed by atoms with E-state index in [9.17, 15) is 26.4 Å². The number of rotatable bonds is 10. The van der Waals surface area contributed by atoms with Gasteiger partial charge < -0.3 is 20.1 Å². The number of pyridine rings is 1. The van der Waals surface area contributed by atoms with E-state index in [2.05, 4.69) is 9.72 Å². The van der Waals surface area contributed by atoms with Crippen LogP contribution in [0.3, 0.4) is 0 Å². The molecule has 2 aliphatic heterocycles. The van der Waals surface area contributed by atoms with Crippen LogP contribution >= 0.6 is 0 Å². The number of aromatic nitrogens is 1. The van der Waals surface area contributed by atoms with Crippen molar-refractivity contribution in [3.8, 4) is 22.8 Å². The number of carbonyl (C=O) groups is 1. The second-order valence-electron chi connectivity index (χ2n) is 13.4. The molecule has 14 heteroatoms. The van der Waals surface area contributed by atoms with E-state index in [1.165, 1.54) is 47.8 Å². The van der Waals surface area contributed by atoms with Gasteiger partial charge in [0.05, 0.1) is 17.2 Å². The number of hydrogen-bond donors (Lipinski definition) is 1. The lowest BCUT2D eigenvalue weighted by Crippen LogP contribution is -2.61. The molecule has 3 heterocycles. The molecule has 3 aliphatic rings. The fourth-order valence-electron chi connectivity index (χ4n) is 6.97. The Kier molecular flexibility index (Phi) is 11.3. The Morgan fingerprint density at radius 1 is 0.860 bits per heavy atom. The Bertz CT molecular complexity index is 1680. The summed E-state index contributed by atoms with van der Waals surface area (Å²) < 4.78 is 77.0. The van der Waals surface area contributed by atoms with E-state index >= 15 is 0 Å². The van der Waals surface area contributed by atoms with Gasteiger partial charge in [-0.25, -0.2) is 8.42 Å². The molecule has 3 fully saturated rings. The maximum atomic E-state index is 14.1. The lowest BCUT2D eigenvalue weighted by Gasteiger charge is -2.42. The largest absolute Gasteiger partial charge is 0.573 e. The highest BCUT2D eigenvalue weighted by Gasteiger charge is 2.42. The van der Waals surface area contributed by atoms with Crippen LogP contribution in [-0.4, -0.2) is 91.2 Å². The zero-order chi connectivity index (χ0) is 35.3. The molecule has 50 heavy (non-hydrogen) atoms. The molecule has 1 saturated carbocycles. The number of ether oxygens (including phenoxy) is 2. The number of nitrogens with zero attached hydrogens (tertiary/aromatic N) is 4. The van der Waals surface area contributed by atoms with E-state index in [0.29, 0.717) is 68.6 Å². The first-order valence-electron chi connectivity index (χ1n) is 17.3. The topological polar surface area (TPSA) is 118 Å². The smallest absolute Gasteiger partial charge is 0.493 e. The number of hydrogen-bond acceptors (Lipinski definition) is 8. The molecule has 1 atom stereocenters. The van der Waals surface area contributed by atoms with Crippen LogP contribution in [0.15, 0.2) is 71.8 Å². The minimum Gasteiger partial charge on any atom is -0.493 e. The number of nitrogens with two attached hydrogens (primary N) is 1. The maximum absolute atomic E-state index is 14.1. The summed E-state index contributed by atoms with van der Waals surface area (Å²) in [6.07, 6.45) is 4.24. The van der Waals surface area contributed by atoms with E-state index in [-0.39, 0.29) is 35.7 Å². The van der Waals surface area contributed by atoms with Gasteiger partial charge in [-0.3, -0.25) is 14.7 Å². The van der Waals surface area contributed by atoms with Gasteiger partial charge in [0.15, 0.2) is 0 Å². The summed E-state index contributed by atoms with van der Waals surface area (Å²) in [5.74, 6) is 0.606. The molecule has 0 unspecified atom stereocenters. The van der Waals surface area contributed by atoms with E-state index in [1.54, 1.807) is 41.4 Å². The number of carbonyl (C=O) groups excluding carboxylic acids is 1. The summed E-state index contributed by atoms with van der Waals surface area (Å²) >= 11 is 0. The van der Waals surface area contributed by atoms with Crippen LogP contribution in [0.2, 0.25) is 0 Å². The van der Waals surface area contributed by atoms with Crippen molar-refractivity contribution in [3.63, 3.8) is 0 Å². The van der Waals surface area contributed by atoms with Gasteiger partial charge in [-0.15, -0.1) is 13.2 Å². The van der Waals surface area contributed by atoms with Crippen LogP contribution in [-0.2, 0) is 21.4 Å². The Hall–Kier alpha value is -3.72. The molecule has 0 bridgehead atoms. The third-order valence-electron chi connectivity index (χ3n) is 9.81. The van der Waals surface area contributed by atoms with Crippen molar-refractivity contribution in [1.82, 2.24) is 19.1 Å². The fraction of sp³-hybridized carbons (Fsp3) is 0.500. The van der Waals surface area contributed by atoms with Gasteiger partial charge in [0.1, 0.15) is 17.5 Å². The SMILES string of the molecule is NC1CCN(C(=O)[C@@H]2CN(Cc3ccc(-c4ccc(OC(F)(F)F)cc4)nc3)CCN2S(=O)(=O)c2ccc(OCC3CCCCC3)cc2)CC1. The van der Waals surface area contributed by atoms with Crippen LogP contribution in [0.4, 0.5) is 13.2 Å². The number of alkyl halides is 3. The highest BCUT2D eigenvalue weighted by molar-refractivity contribution is 7.89. The van der Waals surface area contributed by atoms with Crippen molar-refractivity contribution in [1.29, 1.82) is 0 Å². The zero-order valence-corrected chi connectivity index (χ0v) is 28.7. The first kappa shape index (κ1) is 36.1. The molecular weight excluding hydrogens is 671 g/mol. The predicted molar refractivity (Wildman–Crippen MR) is 182 cm³/mol. The van der Waals surface area contributed by atoms with Crippen molar-refractivity contribution in [2.75, 3.05) is 39.3 Å². The van der Waals surface area contributed by atoms with Gasteiger partial charge in [0, 0.05) is 57.1 Å². The maximum Gasteiger partial charge on any atom is 0.573 e. The van der Waals surface area contributed by atoms with E-state index < -0.39 is 22.4 Å². The summed E-state index contributed by atoms with van der Waals surface area (Å²) in [6, 6.07) is 14.7. The highest BCUT2D eigenvalue weighted by atomic mass is 32.2. The van der Waals surface area contributed by atoms with Crippen molar-refractivity contribution in [2.24, 2.45) is 11.7 Å². The lowest BCUT2D eigenvalue weighted by atomic mass is 9.90. The number of sulfonamides is 1. The van der Waals surface area contributed by atoms with Gasteiger partial charge >= 0.3 is 6.36 Å². The van der Waals surface area contributed by atoms with Crippen molar-refractivity contribution < 1.29 is 35.9 Å². The molecule has 2 aromatic carbocycles. The summed E-state index contributed by atoms with van der Waals surface area (Å²) in [4.78, 5) is 22.4. The molecule has 2 N–H and O–H groups in total. The standard InChI is InChI=1S/C36H44F3N5O5S/c37-36(38,39)49-31-9-7-28(8-10-31)33-15-6-27(22-41-33)23-42-20-21-44(34(24-42)35(45)43-18-16-29(40)17-19-43)50(46,47)32-13-11-30(12-14-32)48-25-26-4-2-1-3-5-26/h6-15,22,26,29,34H,1-5,16-21,23-25,40H2/t34-/m0/s1. The number of amides is 1. The molecule has 2 saturated heterocycles. The average molecular weight is 716 g/mol. The second kappa shape index (κ2) is 15.7. The third-order valence-corrected chi connectivity index (χ3v) is 11.7. The number of likely N-dealkylation sites (tertiary alicyclic amines) is 1. The Balaban J connectivity index is 1.14. The van der Waals surface area contributed by atoms with E-state index in [1.807, 2.05) is 11.0 Å². The minimum atomic E-state index is -4.77. The quantitative estimate of drug-likeness (QED) is 0.296. The van der Waals surface area contributed by atoms with Gasteiger partial charge in [0.2, 0.25) is 15.9 Å². The minimum absolute atomic E-state index is 0.0159. The number of piperidine rings is 1. The van der Waals surface area contributed by atoms with Crippen LogP contribution in [0, 0.1) is 5.92 Å². The molecule has 6 rings (SSSR count). The summed E-state index contributed by atoms with van der Waals surface area (Å²) in [5.41, 5.74) is 8.14. The molecule has 10 nitrogen and oxygen atoms in total. The number of benzene rings is 2. The van der Waals surface area contributed by atoms with Gasteiger partial charge in [0.25, 0.3) is 0 Å².